The highest BCUT2D eigenvalue weighted by molar-refractivity contribution is 5.76. The highest BCUT2D eigenvalue weighted by Gasteiger charge is 2.52. The minimum Gasteiger partial charge on any atom is -0.457 e. The van der Waals surface area contributed by atoms with Crippen molar-refractivity contribution >= 4 is 5.91 Å². The second kappa shape index (κ2) is 29.2. The van der Waals surface area contributed by atoms with Crippen LogP contribution in [0.1, 0.15) is 98.8 Å². The maximum absolute atomic E-state index is 13.8. The van der Waals surface area contributed by atoms with E-state index in [0.717, 1.165) is 72.3 Å². The van der Waals surface area contributed by atoms with E-state index in [0.29, 0.717) is 13.0 Å². The summed E-state index contributed by atoms with van der Waals surface area (Å²) < 4.78 is 52.5. The second-order valence-corrected chi connectivity index (χ2v) is 19.1. The van der Waals surface area contributed by atoms with Crippen LogP contribution in [0.5, 0.6) is 11.5 Å². The molecule has 386 valence electrons. The van der Waals surface area contributed by atoms with Gasteiger partial charge in [-0.3, -0.25) is 4.79 Å². The van der Waals surface area contributed by atoms with E-state index in [9.17, 15) is 9.90 Å². The Hall–Kier alpha value is -5.73. The molecule has 0 aromatic heterocycles. The molecule has 2 saturated heterocycles. The third kappa shape index (κ3) is 17.2. The number of aliphatic hydroxyl groups excluding tert-OH is 1. The zero-order valence-corrected chi connectivity index (χ0v) is 42.2. The van der Waals surface area contributed by atoms with Crippen molar-refractivity contribution in [3.8, 4) is 11.5 Å². The van der Waals surface area contributed by atoms with Crippen molar-refractivity contribution in [2.75, 3.05) is 13.2 Å². The van der Waals surface area contributed by atoms with Crippen LogP contribution in [0.3, 0.4) is 0 Å². The molecule has 2 N–H and O–H groups in total. The van der Waals surface area contributed by atoms with E-state index >= 15 is 0 Å². The number of carbonyl (C=O) groups is 1. The van der Waals surface area contributed by atoms with E-state index in [4.69, 9.17) is 37.9 Å². The van der Waals surface area contributed by atoms with Crippen molar-refractivity contribution in [3.05, 3.63) is 204 Å². The van der Waals surface area contributed by atoms with Crippen LogP contribution >= 0.6 is 0 Å². The lowest BCUT2D eigenvalue weighted by atomic mass is 9.96. The normalized spacial score (nSPS) is 20.8. The molecule has 0 spiro atoms. The first kappa shape index (κ1) is 53.6. The van der Waals surface area contributed by atoms with E-state index in [1.165, 1.54) is 24.8 Å². The number of hydrogen-bond donors (Lipinski definition) is 2. The lowest BCUT2D eigenvalue weighted by molar-refractivity contribution is -0.373. The van der Waals surface area contributed by atoms with E-state index in [1.54, 1.807) is 6.92 Å². The Morgan fingerprint density at radius 2 is 1.10 bits per heavy atom. The highest BCUT2D eigenvalue weighted by Crippen LogP contribution is 2.38. The summed E-state index contributed by atoms with van der Waals surface area (Å²) in [6.45, 7) is 2.64. The number of carbonyl (C=O) groups excluding carboxylic acids is 1. The van der Waals surface area contributed by atoms with Gasteiger partial charge >= 0.3 is 0 Å². The molecule has 0 saturated carbocycles. The SMILES string of the molecule is C[C@@H](O)[C@@H](OCc1ccccc1)[C@H](CO[C@H]1OC2COC(c3ccccc3)O[C@@H]2C(OCc2ccccc2)C1OCc1ccccc1)NC(=O)CCCCCCCCCCc1ccc(Oc2ccccc2)cc1. The molecule has 11 nitrogen and oxygen atoms in total. The van der Waals surface area contributed by atoms with Crippen molar-refractivity contribution < 1.29 is 47.8 Å². The Morgan fingerprint density at radius 3 is 1.70 bits per heavy atom. The minimum absolute atomic E-state index is 0.0446. The van der Waals surface area contributed by atoms with Gasteiger partial charge in [-0.15, -0.1) is 0 Å². The number of ether oxygens (including phenoxy) is 8. The molecule has 1 amide bonds. The van der Waals surface area contributed by atoms with Gasteiger partial charge in [-0.1, -0.05) is 190 Å². The van der Waals surface area contributed by atoms with E-state index in [-0.39, 0.29) is 32.3 Å². The summed E-state index contributed by atoms with van der Waals surface area (Å²) in [7, 11) is 0. The lowest BCUT2D eigenvalue weighted by Crippen LogP contribution is -2.64. The third-order valence-corrected chi connectivity index (χ3v) is 13.4. The largest absolute Gasteiger partial charge is 0.457 e. The number of amides is 1. The minimum atomic E-state index is -0.971. The lowest BCUT2D eigenvalue weighted by Gasteiger charge is -2.49. The highest BCUT2D eigenvalue weighted by atomic mass is 16.8. The summed E-state index contributed by atoms with van der Waals surface area (Å²) in [4.78, 5) is 13.8. The number of nitrogens with one attached hydrogen (secondary N) is 1. The van der Waals surface area contributed by atoms with Crippen LogP contribution in [-0.2, 0) is 64.2 Å². The number of benzene rings is 6. The second-order valence-electron chi connectivity index (χ2n) is 19.1. The Morgan fingerprint density at radius 1 is 0.575 bits per heavy atom. The van der Waals surface area contributed by atoms with Crippen LogP contribution < -0.4 is 10.1 Å². The van der Waals surface area contributed by atoms with Gasteiger partial charge in [0.25, 0.3) is 0 Å². The van der Waals surface area contributed by atoms with Gasteiger partial charge in [0, 0.05) is 12.0 Å². The van der Waals surface area contributed by atoms with Gasteiger partial charge in [-0.25, -0.2) is 0 Å². The summed E-state index contributed by atoms with van der Waals surface area (Å²) in [5, 5.41) is 14.5. The number of para-hydroxylation sites is 1. The van der Waals surface area contributed by atoms with Crippen LogP contribution in [0.15, 0.2) is 176 Å². The molecule has 2 fully saturated rings. The van der Waals surface area contributed by atoms with Gasteiger partial charge in [0.2, 0.25) is 5.91 Å². The maximum Gasteiger partial charge on any atom is 0.220 e. The van der Waals surface area contributed by atoms with Crippen LogP contribution in [0.25, 0.3) is 0 Å². The molecule has 8 rings (SSSR count). The fraction of sp³-hybridized carbons (Fsp3) is 0.403. The summed E-state index contributed by atoms with van der Waals surface area (Å²) >= 11 is 0. The Kier molecular flexibility index (Phi) is 21.4. The van der Waals surface area contributed by atoms with Crippen LogP contribution in [0, 0.1) is 0 Å². The monoisotopic (exact) mass is 992 g/mol. The smallest absolute Gasteiger partial charge is 0.220 e. The first-order valence-electron chi connectivity index (χ1n) is 26.3. The third-order valence-electron chi connectivity index (χ3n) is 13.4. The summed E-state index contributed by atoms with van der Waals surface area (Å²) in [6.07, 6.45) is 4.09. The number of aliphatic hydroxyl groups is 1. The molecule has 6 aromatic carbocycles. The summed E-state index contributed by atoms with van der Waals surface area (Å²) in [6, 6.07) is 57.1. The van der Waals surface area contributed by atoms with Crippen molar-refractivity contribution in [1.82, 2.24) is 5.32 Å². The molecule has 0 radical (unpaired) electrons. The van der Waals surface area contributed by atoms with Gasteiger partial charge < -0.3 is 48.3 Å². The summed E-state index contributed by atoms with van der Waals surface area (Å²) in [5.74, 6) is 1.56. The number of aryl methyl sites for hydroxylation is 1. The molecule has 11 heteroatoms. The van der Waals surface area contributed by atoms with Crippen LogP contribution in [-0.4, -0.2) is 73.2 Å². The quantitative estimate of drug-likeness (QED) is 0.0439. The van der Waals surface area contributed by atoms with E-state index in [1.807, 2.05) is 164 Å². The molecule has 6 aromatic rings. The molecule has 4 unspecified atom stereocenters. The van der Waals surface area contributed by atoms with Gasteiger partial charge in [0.1, 0.15) is 42.0 Å². The van der Waals surface area contributed by atoms with Gasteiger partial charge in [0.05, 0.1) is 45.2 Å². The van der Waals surface area contributed by atoms with E-state index in [2.05, 4.69) is 17.4 Å². The molecular formula is C62H73NO10. The fourth-order valence-corrected chi connectivity index (χ4v) is 9.44. The van der Waals surface area contributed by atoms with Gasteiger partial charge in [-0.05, 0) is 72.7 Å². The van der Waals surface area contributed by atoms with Crippen molar-refractivity contribution in [2.45, 2.75) is 146 Å². The average molecular weight is 992 g/mol. The number of fused-ring (bicyclic) bond motifs is 1. The molecule has 2 aliphatic rings. The maximum atomic E-state index is 13.8. The van der Waals surface area contributed by atoms with Crippen LogP contribution in [0.4, 0.5) is 0 Å². The molecular weight excluding hydrogens is 919 g/mol. The van der Waals surface area contributed by atoms with Crippen molar-refractivity contribution in [1.29, 1.82) is 0 Å². The Balaban J connectivity index is 0.877. The first-order valence-corrected chi connectivity index (χ1v) is 26.3. The molecule has 9 atom stereocenters. The topological polar surface area (TPSA) is 123 Å². The molecule has 73 heavy (non-hydrogen) atoms. The predicted octanol–water partition coefficient (Wildman–Crippen LogP) is 12.0. The van der Waals surface area contributed by atoms with Crippen LogP contribution in [0.2, 0.25) is 0 Å². The zero-order valence-electron chi connectivity index (χ0n) is 42.2. The number of hydrogen-bond acceptors (Lipinski definition) is 10. The zero-order chi connectivity index (χ0) is 50.3. The average Bonchev–Trinajstić information content (AvgIpc) is 3.43. The Labute approximate surface area is 432 Å². The van der Waals surface area contributed by atoms with Crippen molar-refractivity contribution in [2.24, 2.45) is 0 Å². The standard InChI is InChI=1S/C62H73NO10/c1-46(64)57(66-41-48-26-14-8-15-27-48)54(63-56(65)36-24-7-5-3-2-4-6-13-25-47-37-39-53(40-38-47)71-52-34-22-12-23-35-52)44-69-62-60(68-43-50-30-18-10-19-31-50)59(67-42-49-28-16-9-17-29-49)58-55(72-62)45-70-61(73-58)51-32-20-11-21-33-51/h8-12,14-23,26-35,37-40,46,54-55,57-62,64H,2-7,13,24-25,36,41-45H2,1H3,(H,63,65)/t46-,54+,55?,57-,58+,59?,60?,61?,62+/m1/s1. The Bertz CT molecular complexity index is 2430. The first-order chi connectivity index (χ1) is 35.9. The number of unbranched alkanes of at least 4 members (excludes halogenated alkanes) is 7. The summed E-state index contributed by atoms with van der Waals surface area (Å²) in [5.41, 5.74) is 5.12. The van der Waals surface area contributed by atoms with Gasteiger partial charge in [0.15, 0.2) is 12.6 Å². The van der Waals surface area contributed by atoms with Gasteiger partial charge in [-0.2, -0.15) is 0 Å². The fourth-order valence-electron chi connectivity index (χ4n) is 9.44. The van der Waals surface area contributed by atoms with E-state index < -0.39 is 55.2 Å². The number of rotatable bonds is 29. The molecule has 0 bridgehead atoms. The predicted molar refractivity (Wildman–Crippen MR) is 282 cm³/mol. The molecule has 2 aliphatic heterocycles. The molecule has 2 heterocycles. The molecule has 0 aliphatic carbocycles. The van der Waals surface area contributed by atoms with Crippen molar-refractivity contribution in [3.63, 3.8) is 0 Å².